The van der Waals surface area contributed by atoms with Gasteiger partial charge in [-0.1, -0.05) is 0 Å². The fourth-order valence-corrected chi connectivity index (χ4v) is 4.40. The first-order valence-electron chi connectivity index (χ1n) is 5.65. The zero-order chi connectivity index (χ0) is 12.6. The number of nitrogens with one attached hydrogen (secondary N) is 1. The van der Waals surface area contributed by atoms with Gasteiger partial charge < -0.3 is 5.11 Å². The first kappa shape index (κ1) is 13.0. The van der Waals surface area contributed by atoms with Crippen LogP contribution in [0.2, 0.25) is 0 Å². The lowest BCUT2D eigenvalue weighted by Gasteiger charge is -2.10. The third-order valence-corrected chi connectivity index (χ3v) is 5.58. The Balaban J connectivity index is 2.05. The van der Waals surface area contributed by atoms with Crippen LogP contribution in [0.5, 0.6) is 0 Å². The molecule has 1 heterocycles. The van der Waals surface area contributed by atoms with Crippen LogP contribution in [0.1, 0.15) is 22.6 Å². The summed E-state index contributed by atoms with van der Waals surface area (Å²) in [7, 11) is -3.47. The van der Waals surface area contributed by atoms with E-state index < -0.39 is 16.1 Å². The number of sulfonamides is 1. The Morgan fingerprint density at radius 3 is 2.65 bits per heavy atom. The van der Waals surface area contributed by atoms with E-state index in [-0.39, 0.29) is 12.5 Å². The van der Waals surface area contributed by atoms with Crippen molar-refractivity contribution >= 4 is 21.4 Å². The van der Waals surface area contributed by atoms with E-state index >= 15 is 0 Å². The number of aryl methyl sites for hydroxylation is 2. The molecule has 0 radical (unpaired) electrons. The highest BCUT2D eigenvalue weighted by Crippen LogP contribution is 2.32. The van der Waals surface area contributed by atoms with Crippen LogP contribution < -0.4 is 4.72 Å². The lowest BCUT2D eigenvalue weighted by molar-refractivity contribution is 0.155. The van der Waals surface area contributed by atoms with Gasteiger partial charge in [0.15, 0.2) is 0 Å². The summed E-state index contributed by atoms with van der Waals surface area (Å²) in [5.41, 5.74) is 0. The van der Waals surface area contributed by atoms with Crippen molar-refractivity contribution in [2.24, 2.45) is 5.92 Å². The van der Waals surface area contributed by atoms with Crippen LogP contribution >= 0.6 is 11.3 Å². The van der Waals surface area contributed by atoms with Gasteiger partial charge >= 0.3 is 0 Å². The van der Waals surface area contributed by atoms with Gasteiger partial charge in [-0.2, -0.15) is 0 Å². The summed E-state index contributed by atoms with van der Waals surface area (Å²) >= 11 is 1.47. The highest BCUT2D eigenvalue weighted by molar-refractivity contribution is 7.89. The Labute approximate surface area is 106 Å². The van der Waals surface area contributed by atoms with Crippen LogP contribution in [-0.4, -0.2) is 26.2 Å². The van der Waals surface area contributed by atoms with E-state index in [1.54, 1.807) is 13.0 Å². The second-order valence-corrected chi connectivity index (χ2v) is 7.73. The maximum absolute atomic E-state index is 12.0. The molecule has 0 saturated heterocycles. The van der Waals surface area contributed by atoms with Gasteiger partial charge in [0.1, 0.15) is 0 Å². The van der Waals surface area contributed by atoms with Gasteiger partial charge in [-0.25, -0.2) is 13.1 Å². The van der Waals surface area contributed by atoms with Crippen molar-refractivity contribution in [3.63, 3.8) is 0 Å². The average molecular weight is 275 g/mol. The summed E-state index contributed by atoms with van der Waals surface area (Å²) in [4.78, 5) is 2.10. The zero-order valence-electron chi connectivity index (χ0n) is 9.93. The van der Waals surface area contributed by atoms with Crippen molar-refractivity contribution in [3.05, 3.63) is 15.8 Å². The Bertz CT molecular complexity index is 503. The Morgan fingerprint density at radius 1 is 1.53 bits per heavy atom. The van der Waals surface area contributed by atoms with E-state index in [1.807, 2.05) is 6.92 Å². The van der Waals surface area contributed by atoms with Crippen LogP contribution in [-0.2, 0) is 10.0 Å². The van der Waals surface area contributed by atoms with E-state index in [9.17, 15) is 13.5 Å². The molecule has 1 unspecified atom stereocenters. The summed E-state index contributed by atoms with van der Waals surface area (Å²) in [6, 6.07) is 1.67. The molecule has 2 N–H and O–H groups in total. The lowest BCUT2D eigenvalue weighted by atomic mass is 10.2. The second-order valence-electron chi connectivity index (χ2n) is 4.53. The smallest absolute Gasteiger partial charge is 0.241 e. The predicted octanol–water partition coefficient (Wildman–Crippen LogP) is 1.41. The van der Waals surface area contributed by atoms with Crippen molar-refractivity contribution in [1.29, 1.82) is 0 Å². The summed E-state index contributed by atoms with van der Waals surface area (Å²) in [5.74, 6) is 0.281. The number of rotatable bonds is 5. The van der Waals surface area contributed by atoms with E-state index in [0.717, 1.165) is 22.6 Å². The normalized spacial score (nSPS) is 18.3. The highest BCUT2D eigenvalue weighted by Gasteiger charge is 2.30. The number of hydrogen-bond donors (Lipinski definition) is 2. The van der Waals surface area contributed by atoms with Crippen molar-refractivity contribution in [3.8, 4) is 0 Å². The number of hydrogen-bond acceptors (Lipinski definition) is 4. The minimum atomic E-state index is -3.47. The molecule has 0 spiro atoms. The molecule has 0 amide bonds. The quantitative estimate of drug-likeness (QED) is 0.854. The molecule has 0 bridgehead atoms. The lowest BCUT2D eigenvalue weighted by Crippen LogP contribution is -2.33. The standard InChI is InChI=1S/C11H17NO3S2/c1-7-5-11(8(2)16-7)17(14,15)12-6-10(13)9-3-4-9/h5,9-10,12-13H,3-4,6H2,1-2H3. The molecule has 1 fully saturated rings. The van der Waals surface area contributed by atoms with Gasteiger partial charge in [-0.3, -0.25) is 0 Å². The van der Waals surface area contributed by atoms with Crippen LogP contribution in [0.3, 0.4) is 0 Å². The van der Waals surface area contributed by atoms with Crippen LogP contribution in [0, 0.1) is 19.8 Å². The molecule has 1 saturated carbocycles. The van der Waals surface area contributed by atoms with E-state index in [0.29, 0.717) is 4.90 Å². The number of aliphatic hydroxyl groups is 1. The second kappa shape index (κ2) is 4.68. The molecule has 1 aliphatic rings. The Morgan fingerprint density at radius 2 is 2.18 bits per heavy atom. The molecule has 96 valence electrons. The highest BCUT2D eigenvalue weighted by atomic mass is 32.2. The number of thiophene rings is 1. The Kier molecular flexibility index (Phi) is 3.58. The topological polar surface area (TPSA) is 66.4 Å². The summed E-state index contributed by atoms with van der Waals surface area (Å²) < 4.78 is 26.5. The van der Waals surface area contributed by atoms with Crippen LogP contribution in [0.25, 0.3) is 0 Å². The third kappa shape index (κ3) is 3.07. The average Bonchev–Trinajstić information content (AvgIpc) is 3.01. The first-order valence-corrected chi connectivity index (χ1v) is 7.95. The minimum absolute atomic E-state index is 0.112. The fraction of sp³-hybridized carbons (Fsp3) is 0.636. The summed E-state index contributed by atoms with van der Waals surface area (Å²) in [5, 5.41) is 9.65. The summed E-state index contributed by atoms with van der Waals surface area (Å²) in [6.07, 6.45) is 1.45. The monoisotopic (exact) mass is 275 g/mol. The molecule has 6 heteroatoms. The maximum Gasteiger partial charge on any atom is 0.241 e. The fourth-order valence-electron chi connectivity index (χ4n) is 1.79. The molecular weight excluding hydrogens is 258 g/mol. The van der Waals surface area contributed by atoms with Crippen molar-refractivity contribution in [2.75, 3.05) is 6.54 Å². The molecule has 4 nitrogen and oxygen atoms in total. The molecule has 17 heavy (non-hydrogen) atoms. The molecular formula is C11H17NO3S2. The van der Waals surface area contributed by atoms with Gasteiger partial charge in [0.2, 0.25) is 10.0 Å². The maximum atomic E-state index is 12.0. The van der Waals surface area contributed by atoms with E-state index in [2.05, 4.69) is 4.72 Å². The molecule has 2 rings (SSSR count). The van der Waals surface area contributed by atoms with Crippen LogP contribution in [0.15, 0.2) is 11.0 Å². The van der Waals surface area contributed by atoms with E-state index in [4.69, 9.17) is 0 Å². The molecule has 1 aromatic heterocycles. The van der Waals surface area contributed by atoms with Gasteiger partial charge in [-0.15, -0.1) is 11.3 Å². The Hall–Kier alpha value is -0.430. The van der Waals surface area contributed by atoms with Crippen molar-refractivity contribution < 1.29 is 13.5 Å². The first-order chi connectivity index (χ1) is 7.90. The molecule has 0 aliphatic heterocycles. The summed E-state index contributed by atoms with van der Waals surface area (Å²) in [6.45, 7) is 3.79. The minimum Gasteiger partial charge on any atom is -0.391 e. The van der Waals surface area contributed by atoms with Crippen LogP contribution in [0.4, 0.5) is 0 Å². The predicted molar refractivity (Wildman–Crippen MR) is 67.7 cm³/mol. The van der Waals surface area contributed by atoms with Crippen molar-refractivity contribution in [1.82, 2.24) is 4.72 Å². The molecule has 1 aromatic rings. The zero-order valence-corrected chi connectivity index (χ0v) is 11.6. The van der Waals surface area contributed by atoms with Gasteiger partial charge in [0.25, 0.3) is 0 Å². The van der Waals surface area contributed by atoms with Crippen molar-refractivity contribution in [2.45, 2.75) is 37.7 Å². The van der Waals surface area contributed by atoms with E-state index in [1.165, 1.54) is 11.3 Å². The number of aliphatic hydroxyl groups excluding tert-OH is 1. The molecule has 1 aliphatic carbocycles. The molecule has 1 atom stereocenters. The van der Waals surface area contributed by atoms with Gasteiger partial charge in [0.05, 0.1) is 11.0 Å². The van der Waals surface area contributed by atoms with Gasteiger partial charge in [0, 0.05) is 16.3 Å². The molecule has 0 aromatic carbocycles. The largest absolute Gasteiger partial charge is 0.391 e. The SMILES string of the molecule is Cc1cc(S(=O)(=O)NCC(O)C2CC2)c(C)s1. The third-order valence-electron chi connectivity index (χ3n) is 2.93. The van der Waals surface area contributed by atoms with Gasteiger partial charge in [-0.05, 0) is 38.7 Å².